The predicted molar refractivity (Wildman–Crippen MR) is 110 cm³/mol. The van der Waals surface area contributed by atoms with Gasteiger partial charge in [0.2, 0.25) is 17.7 Å². The van der Waals surface area contributed by atoms with E-state index in [1.807, 2.05) is 0 Å². The van der Waals surface area contributed by atoms with Crippen molar-refractivity contribution in [1.29, 1.82) is 0 Å². The molecule has 1 saturated heterocycles. The topological polar surface area (TPSA) is 67.8 Å². The molecule has 3 heterocycles. The van der Waals surface area contributed by atoms with Crippen molar-refractivity contribution < 1.29 is 18.7 Å². The Balaban J connectivity index is 1.69. The van der Waals surface area contributed by atoms with E-state index in [1.54, 1.807) is 24.0 Å². The van der Waals surface area contributed by atoms with Crippen LogP contribution in [0.3, 0.4) is 0 Å². The molecule has 2 aliphatic heterocycles. The van der Waals surface area contributed by atoms with Gasteiger partial charge in [-0.3, -0.25) is 4.79 Å². The van der Waals surface area contributed by atoms with Crippen LogP contribution < -0.4 is 9.64 Å². The van der Waals surface area contributed by atoms with Crippen LogP contribution in [0.25, 0.3) is 0 Å². The van der Waals surface area contributed by atoms with Crippen LogP contribution in [-0.4, -0.2) is 54.1 Å². The minimum absolute atomic E-state index is 0.0371. The normalized spacial score (nSPS) is 16.4. The van der Waals surface area contributed by atoms with E-state index < -0.39 is 0 Å². The third kappa shape index (κ3) is 4.38. The molecule has 8 heteroatoms. The molecule has 7 nitrogen and oxygen atoms in total. The van der Waals surface area contributed by atoms with Gasteiger partial charge in [0.1, 0.15) is 18.2 Å². The third-order valence-corrected chi connectivity index (χ3v) is 5.61. The summed E-state index contributed by atoms with van der Waals surface area (Å²) in [6.07, 6.45) is 4.09. The SMILES string of the molecule is COCC(=O)N1CCc2nc(N3CCCCC3)nc(Oc3ccc(F)c(C)c3)c2C1. The number of nitrogens with zero attached hydrogens (tertiary/aromatic N) is 4. The molecule has 0 bridgehead atoms. The van der Waals surface area contributed by atoms with Crippen molar-refractivity contribution in [3.05, 3.63) is 40.8 Å². The van der Waals surface area contributed by atoms with Gasteiger partial charge in [-0.2, -0.15) is 4.98 Å². The van der Waals surface area contributed by atoms with E-state index in [9.17, 15) is 9.18 Å². The molecule has 0 radical (unpaired) electrons. The fraction of sp³-hybridized carbons (Fsp3) is 0.500. The number of aromatic nitrogens is 2. The van der Waals surface area contributed by atoms with Crippen LogP contribution in [0.2, 0.25) is 0 Å². The summed E-state index contributed by atoms with van der Waals surface area (Å²) in [5.74, 6) is 1.25. The molecule has 1 aromatic carbocycles. The molecule has 1 aromatic heterocycles. The number of piperidine rings is 1. The number of carbonyl (C=O) groups excluding carboxylic acids is 1. The zero-order valence-electron chi connectivity index (χ0n) is 17.5. The van der Waals surface area contributed by atoms with Gasteiger partial charge in [-0.15, -0.1) is 0 Å². The summed E-state index contributed by atoms with van der Waals surface area (Å²) >= 11 is 0. The molecule has 4 rings (SSSR count). The number of hydrogen-bond acceptors (Lipinski definition) is 6. The predicted octanol–water partition coefficient (Wildman–Crippen LogP) is 3.24. The molecular formula is C22H27FN4O3. The number of anilines is 1. The number of amides is 1. The van der Waals surface area contributed by atoms with E-state index in [4.69, 9.17) is 19.4 Å². The molecule has 0 atom stereocenters. The van der Waals surface area contributed by atoms with Gasteiger partial charge >= 0.3 is 0 Å². The number of halogens is 1. The summed E-state index contributed by atoms with van der Waals surface area (Å²) in [6.45, 7) is 4.53. The molecule has 0 saturated carbocycles. The standard InChI is InChI=1S/C22H27FN4O3/c1-15-12-16(6-7-18(15)23)30-21-17-13-27(20(28)14-29-2)11-8-19(17)24-22(25-21)26-9-4-3-5-10-26/h6-7,12H,3-5,8-11,13-14H2,1-2H3. The Labute approximate surface area is 175 Å². The molecular weight excluding hydrogens is 387 g/mol. The zero-order chi connectivity index (χ0) is 21.1. The van der Waals surface area contributed by atoms with E-state index >= 15 is 0 Å². The van der Waals surface area contributed by atoms with Crippen molar-refractivity contribution in [2.24, 2.45) is 0 Å². The van der Waals surface area contributed by atoms with E-state index in [0.717, 1.165) is 37.2 Å². The summed E-state index contributed by atoms with van der Waals surface area (Å²) in [5, 5.41) is 0. The number of carbonyl (C=O) groups is 1. The Bertz CT molecular complexity index is 931. The van der Waals surface area contributed by atoms with Gasteiger partial charge in [-0.25, -0.2) is 9.37 Å². The largest absolute Gasteiger partial charge is 0.438 e. The molecule has 0 unspecified atom stereocenters. The lowest BCUT2D eigenvalue weighted by Gasteiger charge is -2.31. The summed E-state index contributed by atoms with van der Waals surface area (Å²) in [5.41, 5.74) is 2.21. The van der Waals surface area contributed by atoms with Crippen molar-refractivity contribution in [2.45, 2.75) is 39.2 Å². The Morgan fingerprint density at radius 3 is 2.70 bits per heavy atom. The lowest BCUT2D eigenvalue weighted by atomic mass is 10.1. The van der Waals surface area contributed by atoms with E-state index in [2.05, 4.69) is 4.90 Å². The van der Waals surface area contributed by atoms with Crippen molar-refractivity contribution in [2.75, 3.05) is 38.3 Å². The van der Waals surface area contributed by atoms with Crippen molar-refractivity contribution in [1.82, 2.24) is 14.9 Å². The number of fused-ring (bicyclic) bond motifs is 1. The summed E-state index contributed by atoms with van der Waals surface area (Å²) in [4.78, 5) is 25.8. The van der Waals surface area contributed by atoms with Crippen LogP contribution in [0, 0.1) is 12.7 Å². The summed E-state index contributed by atoms with van der Waals surface area (Å²) in [6, 6.07) is 4.63. The first kappa shape index (κ1) is 20.5. The highest BCUT2D eigenvalue weighted by Gasteiger charge is 2.28. The Kier molecular flexibility index (Phi) is 6.13. The molecule has 0 N–H and O–H groups in total. The van der Waals surface area contributed by atoms with Gasteiger partial charge < -0.3 is 19.3 Å². The maximum Gasteiger partial charge on any atom is 0.248 e. The van der Waals surface area contributed by atoms with Crippen molar-refractivity contribution in [3.63, 3.8) is 0 Å². The molecule has 1 amide bonds. The van der Waals surface area contributed by atoms with E-state index in [0.29, 0.717) is 42.7 Å². The lowest BCUT2D eigenvalue weighted by Crippen LogP contribution is -2.39. The second kappa shape index (κ2) is 8.95. The van der Waals surface area contributed by atoms with Crippen molar-refractivity contribution in [3.8, 4) is 11.6 Å². The van der Waals surface area contributed by atoms with Crippen LogP contribution in [-0.2, 0) is 22.5 Å². The van der Waals surface area contributed by atoms with Crippen LogP contribution >= 0.6 is 0 Å². The van der Waals surface area contributed by atoms with Crippen LogP contribution in [0.4, 0.5) is 10.3 Å². The molecule has 0 spiro atoms. The van der Waals surface area contributed by atoms with Crippen LogP contribution in [0.5, 0.6) is 11.6 Å². The number of aryl methyl sites for hydroxylation is 1. The first-order valence-corrected chi connectivity index (χ1v) is 10.4. The van der Waals surface area contributed by atoms with E-state index in [-0.39, 0.29) is 18.3 Å². The molecule has 160 valence electrons. The molecule has 0 aliphatic carbocycles. The molecule has 2 aromatic rings. The molecule has 2 aliphatic rings. The van der Waals surface area contributed by atoms with Gasteiger partial charge in [0.05, 0.1) is 17.8 Å². The summed E-state index contributed by atoms with van der Waals surface area (Å²) in [7, 11) is 1.51. The molecule has 30 heavy (non-hydrogen) atoms. The molecule has 1 fully saturated rings. The number of ether oxygens (including phenoxy) is 2. The fourth-order valence-electron chi connectivity index (χ4n) is 3.91. The number of methoxy groups -OCH3 is 1. The third-order valence-electron chi connectivity index (χ3n) is 5.61. The maximum atomic E-state index is 13.7. The summed E-state index contributed by atoms with van der Waals surface area (Å²) < 4.78 is 24.8. The second-order valence-electron chi connectivity index (χ2n) is 7.81. The average Bonchev–Trinajstić information content (AvgIpc) is 2.76. The first-order valence-electron chi connectivity index (χ1n) is 10.4. The second-order valence-corrected chi connectivity index (χ2v) is 7.81. The van der Waals surface area contributed by atoms with Gasteiger partial charge in [0.15, 0.2) is 0 Å². The van der Waals surface area contributed by atoms with Crippen LogP contribution in [0.15, 0.2) is 18.2 Å². The minimum atomic E-state index is -0.280. The Morgan fingerprint density at radius 2 is 1.97 bits per heavy atom. The van der Waals surface area contributed by atoms with Gasteiger partial charge in [-0.1, -0.05) is 0 Å². The maximum absolute atomic E-state index is 13.7. The smallest absolute Gasteiger partial charge is 0.248 e. The first-order chi connectivity index (χ1) is 14.5. The number of benzene rings is 1. The zero-order valence-corrected chi connectivity index (χ0v) is 17.5. The Morgan fingerprint density at radius 1 is 1.17 bits per heavy atom. The quantitative estimate of drug-likeness (QED) is 0.748. The van der Waals surface area contributed by atoms with E-state index in [1.165, 1.54) is 19.6 Å². The van der Waals surface area contributed by atoms with Gasteiger partial charge in [0, 0.05) is 33.2 Å². The minimum Gasteiger partial charge on any atom is -0.438 e. The van der Waals surface area contributed by atoms with Crippen molar-refractivity contribution >= 4 is 11.9 Å². The van der Waals surface area contributed by atoms with Crippen LogP contribution in [0.1, 0.15) is 36.1 Å². The highest BCUT2D eigenvalue weighted by atomic mass is 19.1. The highest BCUT2D eigenvalue weighted by molar-refractivity contribution is 5.77. The number of rotatable bonds is 5. The highest BCUT2D eigenvalue weighted by Crippen LogP contribution is 2.32. The number of hydrogen-bond donors (Lipinski definition) is 0. The lowest BCUT2D eigenvalue weighted by molar-refractivity contribution is -0.136. The fourth-order valence-corrected chi connectivity index (χ4v) is 3.91. The van der Waals surface area contributed by atoms with Gasteiger partial charge in [0.25, 0.3) is 0 Å². The monoisotopic (exact) mass is 414 g/mol. The Hall–Kier alpha value is -2.74. The average molecular weight is 414 g/mol. The van der Waals surface area contributed by atoms with Gasteiger partial charge in [-0.05, 0) is 49.9 Å².